The summed E-state index contributed by atoms with van der Waals surface area (Å²) < 4.78 is 10.7. The van der Waals surface area contributed by atoms with Crippen LogP contribution in [0.5, 0.6) is 0 Å². The lowest BCUT2D eigenvalue weighted by Gasteiger charge is -2.45. The van der Waals surface area contributed by atoms with Crippen LogP contribution in [0.4, 0.5) is 0 Å². The van der Waals surface area contributed by atoms with Gasteiger partial charge in [-0.3, -0.25) is 4.90 Å². The van der Waals surface area contributed by atoms with Gasteiger partial charge in [0.2, 0.25) is 0 Å². The van der Waals surface area contributed by atoms with E-state index in [9.17, 15) is 0 Å². The van der Waals surface area contributed by atoms with Gasteiger partial charge >= 0.3 is 0 Å². The molecule has 0 aromatic heterocycles. The van der Waals surface area contributed by atoms with Gasteiger partial charge in [-0.1, -0.05) is 19.8 Å². The van der Waals surface area contributed by atoms with E-state index in [0.717, 1.165) is 38.8 Å². The van der Waals surface area contributed by atoms with Gasteiger partial charge in [0.25, 0.3) is 0 Å². The number of hydrogen-bond acceptors (Lipinski definition) is 4. The van der Waals surface area contributed by atoms with E-state index in [-0.39, 0.29) is 0 Å². The molecule has 0 aliphatic heterocycles. The fraction of sp³-hybridized carbons (Fsp3) is 1.00. The lowest BCUT2D eigenvalue weighted by atomic mass is 9.69. The van der Waals surface area contributed by atoms with Gasteiger partial charge < -0.3 is 14.8 Å². The zero-order valence-electron chi connectivity index (χ0n) is 14.8. The van der Waals surface area contributed by atoms with E-state index in [4.69, 9.17) is 9.47 Å². The lowest BCUT2D eigenvalue weighted by molar-refractivity contribution is 0.0220. The van der Waals surface area contributed by atoms with Gasteiger partial charge in [0.15, 0.2) is 0 Å². The monoisotopic (exact) mass is 300 g/mol. The van der Waals surface area contributed by atoms with Crippen molar-refractivity contribution >= 4 is 0 Å². The molecule has 126 valence electrons. The SMILES string of the molecule is CNCC1(CN(CCOC)C(C)COC)CCCC(C)C1. The first-order chi connectivity index (χ1) is 10.1. The fourth-order valence-corrected chi connectivity index (χ4v) is 3.95. The van der Waals surface area contributed by atoms with E-state index in [1.54, 1.807) is 14.2 Å². The molecule has 1 aliphatic carbocycles. The van der Waals surface area contributed by atoms with Gasteiger partial charge in [-0.2, -0.15) is 0 Å². The maximum Gasteiger partial charge on any atom is 0.0615 e. The van der Waals surface area contributed by atoms with E-state index in [1.165, 1.54) is 25.7 Å². The van der Waals surface area contributed by atoms with Crippen molar-refractivity contribution < 1.29 is 9.47 Å². The molecule has 1 fully saturated rings. The Bertz CT molecular complexity index is 272. The van der Waals surface area contributed by atoms with E-state index in [2.05, 4.69) is 31.1 Å². The molecular formula is C17H36N2O2. The Morgan fingerprint density at radius 1 is 1.33 bits per heavy atom. The molecule has 1 N–H and O–H groups in total. The van der Waals surface area contributed by atoms with Crippen molar-refractivity contribution in [3.05, 3.63) is 0 Å². The minimum Gasteiger partial charge on any atom is -0.383 e. The molecule has 0 bridgehead atoms. The van der Waals surface area contributed by atoms with Gasteiger partial charge in [0.1, 0.15) is 0 Å². The quantitative estimate of drug-likeness (QED) is 0.672. The van der Waals surface area contributed by atoms with Crippen LogP contribution in [-0.4, -0.2) is 65.1 Å². The van der Waals surface area contributed by atoms with E-state index in [0.29, 0.717) is 11.5 Å². The van der Waals surface area contributed by atoms with Crippen LogP contribution in [0.3, 0.4) is 0 Å². The number of nitrogens with zero attached hydrogens (tertiary/aromatic N) is 1. The van der Waals surface area contributed by atoms with E-state index in [1.807, 2.05) is 0 Å². The van der Waals surface area contributed by atoms with Crippen LogP contribution in [0, 0.1) is 11.3 Å². The summed E-state index contributed by atoms with van der Waals surface area (Å²) in [4.78, 5) is 2.56. The van der Waals surface area contributed by atoms with Crippen molar-refractivity contribution in [1.82, 2.24) is 10.2 Å². The van der Waals surface area contributed by atoms with Crippen LogP contribution in [0.2, 0.25) is 0 Å². The van der Waals surface area contributed by atoms with Gasteiger partial charge in [-0.05, 0) is 38.1 Å². The third-order valence-electron chi connectivity index (χ3n) is 4.89. The van der Waals surface area contributed by atoms with Crippen molar-refractivity contribution in [3.8, 4) is 0 Å². The highest BCUT2D eigenvalue weighted by molar-refractivity contribution is 4.90. The highest BCUT2D eigenvalue weighted by Gasteiger charge is 2.36. The Balaban J connectivity index is 2.74. The second-order valence-corrected chi connectivity index (χ2v) is 7.00. The first-order valence-electron chi connectivity index (χ1n) is 8.43. The third kappa shape index (κ3) is 6.23. The summed E-state index contributed by atoms with van der Waals surface area (Å²) in [6.45, 7) is 9.49. The highest BCUT2D eigenvalue weighted by Crippen LogP contribution is 2.39. The maximum absolute atomic E-state index is 5.37. The maximum atomic E-state index is 5.37. The summed E-state index contributed by atoms with van der Waals surface area (Å²) in [5, 5.41) is 3.44. The van der Waals surface area contributed by atoms with E-state index >= 15 is 0 Å². The molecule has 4 heteroatoms. The van der Waals surface area contributed by atoms with Gasteiger partial charge in [0.05, 0.1) is 13.2 Å². The summed E-state index contributed by atoms with van der Waals surface area (Å²) in [5.74, 6) is 0.842. The van der Waals surface area contributed by atoms with Crippen LogP contribution < -0.4 is 5.32 Å². The number of hydrogen-bond donors (Lipinski definition) is 1. The van der Waals surface area contributed by atoms with E-state index < -0.39 is 0 Å². The van der Waals surface area contributed by atoms with Gasteiger partial charge in [-0.15, -0.1) is 0 Å². The smallest absolute Gasteiger partial charge is 0.0615 e. The van der Waals surface area contributed by atoms with Crippen molar-refractivity contribution in [2.45, 2.75) is 45.6 Å². The third-order valence-corrected chi connectivity index (χ3v) is 4.89. The molecule has 4 nitrogen and oxygen atoms in total. The summed E-state index contributed by atoms with van der Waals surface area (Å²) in [5.41, 5.74) is 0.405. The summed E-state index contributed by atoms with van der Waals surface area (Å²) in [6, 6.07) is 0.441. The lowest BCUT2D eigenvalue weighted by Crippen LogP contribution is -2.50. The highest BCUT2D eigenvalue weighted by atomic mass is 16.5. The molecule has 1 rings (SSSR count). The average Bonchev–Trinajstić information content (AvgIpc) is 2.44. The topological polar surface area (TPSA) is 33.7 Å². The molecule has 1 saturated carbocycles. The number of methoxy groups -OCH3 is 2. The predicted molar refractivity (Wildman–Crippen MR) is 88.8 cm³/mol. The Kier molecular flexibility index (Phi) is 8.79. The molecule has 0 aromatic carbocycles. The molecule has 1 aliphatic rings. The molecule has 0 aromatic rings. The molecule has 3 unspecified atom stereocenters. The van der Waals surface area contributed by atoms with Crippen LogP contribution >= 0.6 is 0 Å². The number of ether oxygens (including phenoxy) is 2. The molecular weight excluding hydrogens is 264 g/mol. The van der Waals surface area contributed by atoms with Crippen molar-refractivity contribution in [2.75, 3.05) is 54.1 Å². The van der Waals surface area contributed by atoms with Crippen molar-refractivity contribution in [3.63, 3.8) is 0 Å². The molecule has 0 amide bonds. The molecule has 0 saturated heterocycles. The summed E-state index contributed by atoms with van der Waals surface area (Å²) in [7, 11) is 5.65. The predicted octanol–water partition coefficient (Wildman–Crippen LogP) is 2.39. The number of rotatable bonds is 10. The Hall–Kier alpha value is -0.160. The molecule has 3 atom stereocenters. The van der Waals surface area contributed by atoms with Gasteiger partial charge in [0, 0.05) is 39.9 Å². The Morgan fingerprint density at radius 3 is 2.67 bits per heavy atom. The second kappa shape index (κ2) is 9.78. The largest absolute Gasteiger partial charge is 0.383 e. The summed E-state index contributed by atoms with van der Waals surface area (Å²) >= 11 is 0. The first kappa shape index (κ1) is 18.9. The minimum absolute atomic E-state index is 0.405. The second-order valence-electron chi connectivity index (χ2n) is 7.00. The standard InChI is InChI=1S/C17H36N2O2/c1-15-7-6-8-17(11-15,13-18-3)14-19(9-10-20-4)16(2)12-21-5/h15-16,18H,6-14H2,1-5H3. The van der Waals surface area contributed by atoms with Crippen LogP contribution in [0.1, 0.15) is 39.5 Å². The minimum atomic E-state index is 0.405. The van der Waals surface area contributed by atoms with Crippen LogP contribution in [0.25, 0.3) is 0 Å². The Morgan fingerprint density at radius 2 is 2.10 bits per heavy atom. The molecule has 0 spiro atoms. The molecule has 0 heterocycles. The summed E-state index contributed by atoms with van der Waals surface area (Å²) in [6.07, 6.45) is 5.41. The number of nitrogens with one attached hydrogen (secondary N) is 1. The zero-order chi connectivity index (χ0) is 15.7. The molecule has 0 radical (unpaired) electrons. The zero-order valence-corrected chi connectivity index (χ0v) is 14.8. The van der Waals surface area contributed by atoms with Crippen LogP contribution in [-0.2, 0) is 9.47 Å². The average molecular weight is 300 g/mol. The normalized spacial score (nSPS) is 28.0. The van der Waals surface area contributed by atoms with Crippen molar-refractivity contribution in [1.29, 1.82) is 0 Å². The van der Waals surface area contributed by atoms with Gasteiger partial charge in [-0.25, -0.2) is 0 Å². The first-order valence-corrected chi connectivity index (χ1v) is 8.43. The Labute approximate surface area is 131 Å². The van der Waals surface area contributed by atoms with Crippen LogP contribution in [0.15, 0.2) is 0 Å². The fourth-order valence-electron chi connectivity index (χ4n) is 3.95. The van der Waals surface area contributed by atoms with Crippen molar-refractivity contribution in [2.24, 2.45) is 11.3 Å². The molecule has 21 heavy (non-hydrogen) atoms.